The van der Waals surface area contributed by atoms with Gasteiger partial charge < -0.3 is 29.7 Å². The van der Waals surface area contributed by atoms with Gasteiger partial charge >= 0.3 is 11.9 Å². The van der Waals surface area contributed by atoms with Crippen molar-refractivity contribution in [1.82, 2.24) is 0 Å². The van der Waals surface area contributed by atoms with Gasteiger partial charge in [0.1, 0.15) is 18.4 Å². The Morgan fingerprint density at radius 2 is 1.67 bits per heavy atom. The van der Waals surface area contributed by atoms with Crippen LogP contribution in [0.15, 0.2) is 0 Å². The first-order valence-electron chi connectivity index (χ1n) is 17.2. The summed E-state index contributed by atoms with van der Waals surface area (Å²) in [6.45, 7) is 8.58. The minimum Gasteiger partial charge on any atom is -0.462 e. The molecule has 2 saturated carbocycles. The third-order valence-electron chi connectivity index (χ3n) is 10.7. The zero-order valence-electron chi connectivity index (χ0n) is 27.6. The predicted molar refractivity (Wildman–Crippen MR) is 166 cm³/mol. The third kappa shape index (κ3) is 11.9. The van der Waals surface area contributed by atoms with E-state index in [0.717, 1.165) is 70.8 Å². The Morgan fingerprint density at radius 3 is 2.30 bits per heavy atom. The van der Waals surface area contributed by atoms with Crippen molar-refractivity contribution in [2.75, 3.05) is 20.3 Å². The molecule has 9 nitrogen and oxygen atoms in total. The summed E-state index contributed by atoms with van der Waals surface area (Å²) in [5.74, 6) is 1.93. The van der Waals surface area contributed by atoms with Gasteiger partial charge in [-0.1, -0.05) is 26.7 Å². The number of carbonyl (C=O) groups excluding carboxylic acids is 2. The van der Waals surface area contributed by atoms with Gasteiger partial charge in [-0.2, -0.15) is 0 Å². The Labute approximate surface area is 260 Å². The molecule has 2 aliphatic carbocycles. The van der Waals surface area contributed by atoms with Crippen LogP contribution in [0.3, 0.4) is 0 Å². The lowest BCUT2D eigenvalue weighted by molar-refractivity contribution is -0.699. The van der Waals surface area contributed by atoms with Crippen LogP contribution in [0.2, 0.25) is 0 Å². The van der Waals surface area contributed by atoms with Crippen molar-refractivity contribution < 1.29 is 39.3 Å². The monoisotopic (exact) mass is 611 g/mol. The topological polar surface area (TPSA) is 145 Å². The van der Waals surface area contributed by atoms with Crippen LogP contribution in [0.1, 0.15) is 111 Å². The van der Waals surface area contributed by atoms with Gasteiger partial charge in [0.25, 0.3) is 0 Å². The molecule has 1 saturated heterocycles. The molecule has 0 aromatic rings. The molecule has 3 aliphatic rings. The maximum atomic E-state index is 12.4. The first-order chi connectivity index (χ1) is 20.5. The summed E-state index contributed by atoms with van der Waals surface area (Å²) in [7, 11) is 1.67. The van der Waals surface area contributed by atoms with Crippen molar-refractivity contribution in [3.8, 4) is 0 Å². The molecule has 43 heavy (non-hydrogen) atoms. The Hall–Kier alpha value is -1.26. The molecule has 3 fully saturated rings. The number of ether oxygens (including phenoxy) is 3. The van der Waals surface area contributed by atoms with Crippen molar-refractivity contribution in [3.05, 3.63) is 0 Å². The molecule has 0 bridgehead atoms. The average Bonchev–Trinajstić information content (AvgIpc) is 2.92. The van der Waals surface area contributed by atoms with E-state index in [1.165, 1.54) is 13.8 Å². The maximum Gasteiger partial charge on any atom is 0.302 e. The summed E-state index contributed by atoms with van der Waals surface area (Å²) >= 11 is 0. The zero-order valence-corrected chi connectivity index (χ0v) is 27.6. The Kier molecular flexibility index (Phi) is 15.2. The minimum atomic E-state index is -0.483. The quantitative estimate of drug-likeness (QED) is 0.232. The summed E-state index contributed by atoms with van der Waals surface area (Å²) in [5, 5.41) is 23.2. The summed E-state index contributed by atoms with van der Waals surface area (Å²) in [6.07, 6.45) is 10.3. The number of quaternary nitrogens is 1. The van der Waals surface area contributed by atoms with Gasteiger partial charge in [0, 0.05) is 40.4 Å². The molecule has 0 amide bonds. The number of hydrogen-bond acceptors (Lipinski definition) is 8. The highest BCUT2D eigenvalue weighted by Gasteiger charge is 2.42. The summed E-state index contributed by atoms with van der Waals surface area (Å²) in [5.41, 5.74) is 6.33. The van der Waals surface area contributed by atoms with Gasteiger partial charge in [0.15, 0.2) is 0 Å². The largest absolute Gasteiger partial charge is 0.462 e. The van der Waals surface area contributed by atoms with Crippen LogP contribution in [0.5, 0.6) is 0 Å². The number of piperidine rings is 1. The van der Waals surface area contributed by atoms with E-state index >= 15 is 0 Å². The van der Waals surface area contributed by atoms with Gasteiger partial charge in [0.05, 0.1) is 18.8 Å². The SMILES string of the molecule is COC1CC(CC[C@H](C[C@@H](OC(C)=O)[C@@H]2C[C@H](CO)CCC[C@@H](CC(C)C)C2)OC(C)=O)C(C2CC[NH2+]C(N)C2)CC1O. The number of nitrogens with two attached hydrogens (primary N) is 2. The van der Waals surface area contributed by atoms with Gasteiger partial charge in [-0.25, -0.2) is 0 Å². The number of rotatable bonds is 13. The summed E-state index contributed by atoms with van der Waals surface area (Å²) < 4.78 is 17.6. The highest BCUT2D eigenvalue weighted by molar-refractivity contribution is 5.66. The van der Waals surface area contributed by atoms with Crippen LogP contribution in [0, 0.1) is 41.4 Å². The summed E-state index contributed by atoms with van der Waals surface area (Å²) in [4.78, 5) is 24.7. The van der Waals surface area contributed by atoms with Crippen LogP contribution < -0.4 is 11.1 Å². The van der Waals surface area contributed by atoms with Crippen LogP contribution in [0.4, 0.5) is 0 Å². The van der Waals surface area contributed by atoms with Crippen molar-refractivity contribution in [1.29, 1.82) is 0 Å². The first kappa shape index (κ1) is 36.2. The van der Waals surface area contributed by atoms with Crippen LogP contribution in [0.25, 0.3) is 0 Å². The lowest BCUT2D eigenvalue weighted by Crippen LogP contribution is -2.94. The molecule has 0 spiro atoms. The van der Waals surface area contributed by atoms with E-state index in [1.807, 2.05) is 0 Å². The number of carbonyl (C=O) groups is 2. The van der Waals surface area contributed by atoms with E-state index in [2.05, 4.69) is 19.2 Å². The zero-order chi connectivity index (χ0) is 31.5. The molecule has 3 rings (SSSR count). The molecule has 0 aromatic carbocycles. The molecule has 250 valence electrons. The van der Waals surface area contributed by atoms with Crippen molar-refractivity contribution in [3.63, 3.8) is 0 Å². The van der Waals surface area contributed by atoms with E-state index in [9.17, 15) is 19.8 Å². The Bertz CT molecular complexity index is 842. The molecule has 6 N–H and O–H groups in total. The molecule has 0 aromatic heterocycles. The van der Waals surface area contributed by atoms with E-state index in [-0.39, 0.29) is 54.9 Å². The molecule has 6 unspecified atom stereocenters. The van der Waals surface area contributed by atoms with Crippen LogP contribution >= 0.6 is 0 Å². The standard InChI is InChI=1S/C34H62N2O7/c1-21(2)13-24-7-6-8-25(20-37)15-28(14-24)32(43-23(4)39)18-29(42-22(3)38)10-9-26-16-33(41-5)31(40)19-30(26)27-11-12-36-34(35)17-27/h21,24-34,36-37,40H,6-20,35H2,1-5H3/p+1/t24-,25+,26?,27?,28-,29+,30?,31?,32+,33?,34?/m0/s1. The number of aliphatic hydroxyl groups excluding tert-OH is 2. The number of aliphatic hydroxyl groups is 2. The van der Waals surface area contributed by atoms with Gasteiger partial charge in [-0.15, -0.1) is 0 Å². The molecule has 1 heterocycles. The van der Waals surface area contributed by atoms with E-state index in [1.54, 1.807) is 7.11 Å². The fourth-order valence-corrected chi connectivity index (χ4v) is 8.80. The van der Waals surface area contributed by atoms with E-state index in [0.29, 0.717) is 48.9 Å². The predicted octanol–water partition coefficient (Wildman–Crippen LogP) is 3.53. The first-order valence-corrected chi connectivity index (χ1v) is 17.2. The number of hydrogen-bond donors (Lipinski definition) is 4. The molecular formula is C34H63N2O7+. The van der Waals surface area contributed by atoms with Gasteiger partial charge in [-0.05, 0) is 99.2 Å². The third-order valence-corrected chi connectivity index (χ3v) is 10.7. The second-order valence-corrected chi connectivity index (χ2v) is 14.6. The van der Waals surface area contributed by atoms with Crippen LogP contribution in [-0.2, 0) is 23.8 Å². The Balaban J connectivity index is 1.78. The van der Waals surface area contributed by atoms with Gasteiger partial charge in [-0.3, -0.25) is 15.3 Å². The fraction of sp³-hybridized carbons (Fsp3) is 0.941. The number of methoxy groups -OCH3 is 1. The molecular weight excluding hydrogens is 548 g/mol. The Morgan fingerprint density at radius 1 is 0.977 bits per heavy atom. The van der Waals surface area contributed by atoms with E-state index in [4.69, 9.17) is 19.9 Å². The van der Waals surface area contributed by atoms with Crippen molar-refractivity contribution in [2.45, 2.75) is 142 Å². The summed E-state index contributed by atoms with van der Waals surface area (Å²) in [6, 6.07) is 0. The molecule has 1 aliphatic heterocycles. The lowest BCUT2D eigenvalue weighted by Gasteiger charge is -2.44. The van der Waals surface area contributed by atoms with Crippen molar-refractivity contribution in [2.24, 2.45) is 47.2 Å². The molecule has 11 atom stereocenters. The minimum absolute atomic E-state index is 0.0982. The number of esters is 2. The molecule has 0 radical (unpaired) electrons. The highest BCUT2D eigenvalue weighted by atomic mass is 16.6. The average molecular weight is 612 g/mol. The van der Waals surface area contributed by atoms with Gasteiger partial charge in [0.2, 0.25) is 0 Å². The van der Waals surface area contributed by atoms with Crippen molar-refractivity contribution >= 4 is 11.9 Å². The normalized spacial score (nSPS) is 35.4. The smallest absolute Gasteiger partial charge is 0.302 e. The molecule has 9 heteroatoms. The maximum absolute atomic E-state index is 12.4. The highest BCUT2D eigenvalue weighted by Crippen LogP contribution is 2.43. The van der Waals surface area contributed by atoms with E-state index < -0.39 is 6.10 Å². The van der Waals surface area contributed by atoms with Crippen LogP contribution in [-0.4, -0.2) is 73.0 Å². The lowest BCUT2D eigenvalue weighted by atomic mass is 9.66. The fourth-order valence-electron chi connectivity index (χ4n) is 8.80. The second kappa shape index (κ2) is 18.0. The second-order valence-electron chi connectivity index (χ2n) is 14.6.